The van der Waals surface area contributed by atoms with Gasteiger partial charge in [-0.1, -0.05) is 6.07 Å². The monoisotopic (exact) mass is 325 g/mol. The second-order valence-corrected chi connectivity index (χ2v) is 6.80. The molecule has 0 saturated carbocycles. The van der Waals surface area contributed by atoms with Crippen molar-refractivity contribution in [1.29, 1.82) is 0 Å². The molecule has 4 rings (SSSR count). The van der Waals surface area contributed by atoms with Gasteiger partial charge in [-0.2, -0.15) is 0 Å². The maximum absolute atomic E-state index is 5.95. The molecule has 0 aromatic carbocycles. The molecular weight excluding hydrogens is 302 g/mol. The van der Waals surface area contributed by atoms with Crippen LogP contribution in [0.2, 0.25) is 0 Å². The third-order valence-electron chi connectivity index (χ3n) is 4.90. The minimum atomic E-state index is 0.157. The van der Waals surface area contributed by atoms with Crippen LogP contribution < -0.4 is 4.90 Å². The van der Waals surface area contributed by atoms with Crippen molar-refractivity contribution in [3.05, 3.63) is 48.5 Å². The van der Waals surface area contributed by atoms with Gasteiger partial charge in [-0.25, -0.2) is 9.97 Å². The van der Waals surface area contributed by atoms with Crippen LogP contribution in [0, 0.1) is 5.41 Å². The maximum atomic E-state index is 5.95. The molecule has 1 unspecified atom stereocenters. The van der Waals surface area contributed by atoms with Crippen molar-refractivity contribution in [3.8, 4) is 0 Å². The van der Waals surface area contributed by atoms with E-state index in [2.05, 4.69) is 36.9 Å². The van der Waals surface area contributed by atoms with Crippen molar-refractivity contribution >= 4 is 5.95 Å². The fourth-order valence-corrected chi connectivity index (χ4v) is 3.74. The van der Waals surface area contributed by atoms with Crippen LogP contribution in [0.5, 0.6) is 0 Å². The van der Waals surface area contributed by atoms with Gasteiger partial charge < -0.3 is 9.64 Å². The van der Waals surface area contributed by atoms with E-state index in [0.29, 0.717) is 0 Å². The zero-order chi connectivity index (χ0) is 16.2. The van der Waals surface area contributed by atoms with Crippen LogP contribution in [-0.2, 0) is 11.3 Å². The van der Waals surface area contributed by atoms with Gasteiger partial charge >= 0.3 is 0 Å². The van der Waals surface area contributed by atoms with Crippen LogP contribution in [0.1, 0.15) is 12.1 Å². The Hall–Kier alpha value is -2.05. The Kier molecular flexibility index (Phi) is 4.40. The zero-order valence-corrected chi connectivity index (χ0v) is 13.8. The molecule has 1 spiro atoms. The quantitative estimate of drug-likeness (QED) is 0.854. The average Bonchev–Trinajstić information content (AvgIpc) is 2.94. The van der Waals surface area contributed by atoms with Gasteiger partial charge in [0, 0.05) is 56.7 Å². The minimum absolute atomic E-state index is 0.157. The SMILES string of the molecule is c1ccc(CN2CCOCC3(CCN(c4ncccn4)C3)C2)nc1. The van der Waals surface area contributed by atoms with Gasteiger partial charge in [0.15, 0.2) is 0 Å². The molecule has 2 aromatic heterocycles. The third kappa shape index (κ3) is 3.39. The maximum Gasteiger partial charge on any atom is 0.225 e. The van der Waals surface area contributed by atoms with E-state index in [1.54, 1.807) is 0 Å². The van der Waals surface area contributed by atoms with E-state index >= 15 is 0 Å². The molecular formula is C18H23N5O. The summed E-state index contributed by atoms with van der Waals surface area (Å²) >= 11 is 0. The molecule has 1 atom stereocenters. The highest BCUT2D eigenvalue weighted by Crippen LogP contribution is 2.35. The third-order valence-corrected chi connectivity index (χ3v) is 4.90. The Bertz CT molecular complexity index is 653. The Morgan fingerprint density at radius 3 is 2.71 bits per heavy atom. The van der Waals surface area contributed by atoms with Crippen molar-refractivity contribution in [2.24, 2.45) is 5.41 Å². The number of rotatable bonds is 3. The van der Waals surface area contributed by atoms with Gasteiger partial charge in [-0.3, -0.25) is 9.88 Å². The Balaban J connectivity index is 1.46. The molecule has 0 radical (unpaired) electrons. The number of nitrogens with zero attached hydrogens (tertiary/aromatic N) is 5. The largest absolute Gasteiger partial charge is 0.379 e. The van der Waals surface area contributed by atoms with Gasteiger partial charge in [-0.15, -0.1) is 0 Å². The molecule has 24 heavy (non-hydrogen) atoms. The molecule has 0 aliphatic carbocycles. The first kappa shape index (κ1) is 15.5. The number of pyridine rings is 1. The van der Waals surface area contributed by atoms with Crippen LogP contribution in [0.3, 0.4) is 0 Å². The normalized spacial score (nSPS) is 25.1. The molecule has 2 aliphatic rings. The lowest BCUT2D eigenvalue weighted by molar-refractivity contribution is 0.0798. The highest BCUT2D eigenvalue weighted by molar-refractivity contribution is 5.32. The van der Waals surface area contributed by atoms with Gasteiger partial charge in [-0.05, 0) is 24.6 Å². The molecule has 6 heteroatoms. The van der Waals surface area contributed by atoms with E-state index in [1.165, 1.54) is 0 Å². The van der Waals surface area contributed by atoms with E-state index in [0.717, 1.165) is 64.0 Å². The first-order chi connectivity index (χ1) is 11.8. The van der Waals surface area contributed by atoms with E-state index in [9.17, 15) is 0 Å². The first-order valence-corrected chi connectivity index (χ1v) is 8.55. The van der Waals surface area contributed by atoms with Gasteiger partial charge in [0.25, 0.3) is 0 Å². The summed E-state index contributed by atoms with van der Waals surface area (Å²) in [6.45, 7) is 6.42. The van der Waals surface area contributed by atoms with Crippen LogP contribution in [-0.4, -0.2) is 59.2 Å². The molecule has 0 N–H and O–H groups in total. The topological polar surface area (TPSA) is 54.4 Å². The van der Waals surface area contributed by atoms with Crippen molar-refractivity contribution in [3.63, 3.8) is 0 Å². The van der Waals surface area contributed by atoms with Gasteiger partial charge in [0.2, 0.25) is 5.95 Å². The number of hydrogen-bond acceptors (Lipinski definition) is 6. The van der Waals surface area contributed by atoms with Crippen molar-refractivity contribution < 1.29 is 4.74 Å². The average molecular weight is 325 g/mol. The molecule has 126 valence electrons. The summed E-state index contributed by atoms with van der Waals surface area (Å²) < 4.78 is 5.95. The van der Waals surface area contributed by atoms with Gasteiger partial charge in [0.05, 0.1) is 18.9 Å². The van der Waals surface area contributed by atoms with Gasteiger partial charge in [0.1, 0.15) is 0 Å². The predicted octanol–water partition coefficient (Wildman–Crippen LogP) is 1.60. The summed E-state index contributed by atoms with van der Waals surface area (Å²) in [6.07, 6.45) is 6.60. The lowest BCUT2D eigenvalue weighted by Crippen LogP contribution is -2.40. The second kappa shape index (κ2) is 6.83. The lowest BCUT2D eigenvalue weighted by Gasteiger charge is -2.31. The van der Waals surface area contributed by atoms with Crippen molar-refractivity contribution in [2.75, 3.05) is 44.3 Å². The molecule has 2 saturated heterocycles. The Morgan fingerprint density at radius 2 is 1.88 bits per heavy atom. The minimum Gasteiger partial charge on any atom is -0.379 e. The van der Waals surface area contributed by atoms with Crippen molar-refractivity contribution in [1.82, 2.24) is 19.9 Å². The smallest absolute Gasteiger partial charge is 0.225 e. The van der Waals surface area contributed by atoms with Crippen LogP contribution >= 0.6 is 0 Å². The summed E-state index contributed by atoms with van der Waals surface area (Å²) in [5.74, 6) is 0.829. The number of anilines is 1. The molecule has 4 heterocycles. The number of hydrogen-bond donors (Lipinski definition) is 0. The molecule has 2 aliphatic heterocycles. The summed E-state index contributed by atoms with van der Waals surface area (Å²) in [6, 6.07) is 7.97. The fourth-order valence-electron chi connectivity index (χ4n) is 3.74. The van der Waals surface area contributed by atoms with Crippen LogP contribution in [0.25, 0.3) is 0 Å². The Labute approximate surface area is 142 Å². The standard InChI is InChI=1S/C18H23N5O/c1-2-6-19-16(4-1)12-22-10-11-24-15-18(13-22)5-9-23(14-18)17-20-7-3-8-21-17/h1-4,6-8H,5,9-15H2. The van der Waals surface area contributed by atoms with Crippen molar-refractivity contribution in [2.45, 2.75) is 13.0 Å². The van der Waals surface area contributed by atoms with E-state index < -0.39 is 0 Å². The fraction of sp³-hybridized carbons (Fsp3) is 0.500. The number of ether oxygens (including phenoxy) is 1. The highest BCUT2D eigenvalue weighted by atomic mass is 16.5. The summed E-state index contributed by atoms with van der Waals surface area (Å²) in [5.41, 5.74) is 1.28. The predicted molar refractivity (Wildman–Crippen MR) is 91.6 cm³/mol. The number of aromatic nitrogens is 3. The van der Waals surface area contributed by atoms with Crippen LogP contribution in [0.4, 0.5) is 5.95 Å². The van der Waals surface area contributed by atoms with Crippen LogP contribution in [0.15, 0.2) is 42.9 Å². The molecule has 2 aromatic rings. The second-order valence-electron chi connectivity index (χ2n) is 6.80. The lowest BCUT2D eigenvalue weighted by atomic mass is 9.87. The molecule has 0 amide bonds. The highest BCUT2D eigenvalue weighted by Gasteiger charge is 2.41. The summed E-state index contributed by atoms with van der Waals surface area (Å²) in [4.78, 5) is 18.0. The zero-order valence-electron chi connectivity index (χ0n) is 13.8. The van der Waals surface area contributed by atoms with E-state index in [1.807, 2.05) is 30.7 Å². The molecule has 6 nitrogen and oxygen atoms in total. The summed E-state index contributed by atoms with van der Waals surface area (Å²) in [7, 11) is 0. The van der Waals surface area contributed by atoms with E-state index in [-0.39, 0.29) is 5.41 Å². The Morgan fingerprint density at radius 1 is 1.00 bits per heavy atom. The molecule has 0 bridgehead atoms. The molecule has 2 fully saturated rings. The summed E-state index contributed by atoms with van der Waals surface area (Å²) in [5, 5.41) is 0. The van der Waals surface area contributed by atoms with E-state index in [4.69, 9.17) is 4.74 Å². The first-order valence-electron chi connectivity index (χ1n) is 8.55.